The lowest BCUT2D eigenvalue weighted by Gasteiger charge is -2.11. The van der Waals surface area contributed by atoms with Gasteiger partial charge in [-0.2, -0.15) is 0 Å². The Morgan fingerprint density at radius 2 is 1.95 bits per heavy atom. The van der Waals surface area contributed by atoms with Crippen molar-refractivity contribution in [2.24, 2.45) is 7.05 Å². The smallest absolute Gasteiger partial charge is 0.341 e. The third kappa shape index (κ3) is 2.79. The maximum Gasteiger partial charge on any atom is 0.341 e. The quantitative estimate of drug-likeness (QED) is 0.540. The molecule has 0 radical (unpaired) electrons. The van der Waals surface area contributed by atoms with Gasteiger partial charge in [-0.3, -0.25) is 4.79 Å². The fourth-order valence-electron chi connectivity index (χ4n) is 2.36. The number of carbonyl (C=O) groups is 2. The number of rotatable bonds is 3. The Hall–Kier alpha value is -1.34. The number of aromatic nitrogens is 1. The molecular formula is C15H15Br2NO4. The van der Waals surface area contributed by atoms with Crippen molar-refractivity contribution in [2.75, 3.05) is 6.61 Å². The van der Waals surface area contributed by atoms with Crippen LogP contribution in [0.25, 0.3) is 10.9 Å². The summed E-state index contributed by atoms with van der Waals surface area (Å²) in [7, 11) is 1.84. The molecule has 2 rings (SSSR count). The van der Waals surface area contributed by atoms with Gasteiger partial charge in [-0.05, 0) is 51.8 Å². The number of hydrogen-bond acceptors (Lipinski definition) is 4. The van der Waals surface area contributed by atoms with Gasteiger partial charge >= 0.3 is 11.9 Å². The van der Waals surface area contributed by atoms with Crippen LogP contribution < -0.4 is 4.74 Å². The van der Waals surface area contributed by atoms with E-state index in [0.29, 0.717) is 31.3 Å². The summed E-state index contributed by atoms with van der Waals surface area (Å²) in [6, 6.07) is 1.81. The summed E-state index contributed by atoms with van der Waals surface area (Å²) < 4.78 is 13.5. The van der Waals surface area contributed by atoms with Gasteiger partial charge in [-0.25, -0.2) is 4.79 Å². The highest BCUT2D eigenvalue weighted by molar-refractivity contribution is 9.10. The molecule has 0 spiro atoms. The van der Waals surface area contributed by atoms with Gasteiger partial charge in [-0.1, -0.05) is 0 Å². The SMILES string of the molecule is CCOC(=O)c1c(Br)n(C)c2cc(Br)c(OC(C)=O)c(C)c12. The fourth-order valence-corrected chi connectivity index (χ4v) is 3.50. The molecule has 2 aromatic rings. The lowest BCUT2D eigenvalue weighted by molar-refractivity contribution is -0.131. The minimum absolute atomic E-state index is 0.286. The first-order valence-corrected chi connectivity index (χ1v) is 8.20. The van der Waals surface area contributed by atoms with Crippen molar-refractivity contribution < 1.29 is 19.1 Å². The van der Waals surface area contributed by atoms with Crippen molar-refractivity contribution in [1.82, 2.24) is 4.57 Å². The Kier molecular flexibility index (Phi) is 4.97. The van der Waals surface area contributed by atoms with Crippen molar-refractivity contribution in [3.63, 3.8) is 0 Å². The number of carbonyl (C=O) groups excluding carboxylic acids is 2. The van der Waals surface area contributed by atoms with Crippen molar-refractivity contribution in [2.45, 2.75) is 20.8 Å². The predicted octanol–water partition coefficient (Wildman–Crippen LogP) is 4.11. The summed E-state index contributed by atoms with van der Waals surface area (Å²) in [6.07, 6.45) is 0. The molecule has 22 heavy (non-hydrogen) atoms. The average molecular weight is 433 g/mol. The highest BCUT2D eigenvalue weighted by Crippen LogP contribution is 2.40. The van der Waals surface area contributed by atoms with Gasteiger partial charge in [0.15, 0.2) is 0 Å². The average Bonchev–Trinajstić information content (AvgIpc) is 2.68. The van der Waals surface area contributed by atoms with Crippen LogP contribution >= 0.6 is 31.9 Å². The van der Waals surface area contributed by atoms with Gasteiger partial charge in [0, 0.05) is 24.9 Å². The number of benzene rings is 1. The maximum atomic E-state index is 12.3. The normalized spacial score (nSPS) is 10.8. The van der Waals surface area contributed by atoms with Crippen LogP contribution in [0.2, 0.25) is 0 Å². The summed E-state index contributed by atoms with van der Waals surface area (Å²) in [5.41, 5.74) is 1.96. The molecule has 0 saturated heterocycles. The molecule has 0 aliphatic heterocycles. The van der Waals surface area contributed by atoms with E-state index in [0.717, 1.165) is 5.52 Å². The first-order valence-electron chi connectivity index (χ1n) is 6.62. The number of fused-ring (bicyclic) bond motifs is 1. The molecule has 0 fully saturated rings. The molecule has 1 aromatic heterocycles. The van der Waals surface area contributed by atoms with E-state index in [1.54, 1.807) is 13.8 Å². The Labute approximate surface area is 144 Å². The second kappa shape index (κ2) is 6.42. The monoisotopic (exact) mass is 431 g/mol. The molecule has 0 aliphatic rings. The molecule has 0 aliphatic carbocycles. The van der Waals surface area contributed by atoms with Gasteiger partial charge in [0.1, 0.15) is 15.9 Å². The molecule has 0 N–H and O–H groups in total. The topological polar surface area (TPSA) is 57.5 Å². The van der Waals surface area contributed by atoms with Gasteiger partial charge in [-0.15, -0.1) is 0 Å². The minimum atomic E-state index is -0.421. The van der Waals surface area contributed by atoms with Crippen LogP contribution in [-0.2, 0) is 16.6 Å². The molecule has 0 saturated carbocycles. The lowest BCUT2D eigenvalue weighted by atomic mass is 10.1. The highest BCUT2D eigenvalue weighted by atomic mass is 79.9. The fraction of sp³-hybridized carbons (Fsp3) is 0.333. The number of ether oxygens (including phenoxy) is 2. The van der Waals surface area contributed by atoms with Crippen molar-refractivity contribution in [3.8, 4) is 5.75 Å². The summed E-state index contributed by atoms with van der Waals surface area (Å²) in [5, 5.41) is 0.701. The van der Waals surface area contributed by atoms with Crippen molar-refractivity contribution in [1.29, 1.82) is 0 Å². The lowest BCUT2D eigenvalue weighted by Crippen LogP contribution is -2.07. The van der Waals surface area contributed by atoms with Gasteiger partial charge in [0.25, 0.3) is 0 Å². The van der Waals surface area contributed by atoms with E-state index in [4.69, 9.17) is 9.47 Å². The first-order chi connectivity index (χ1) is 10.3. The third-order valence-corrected chi connectivity index (χ3v) is 4.81. The van der Waals surface area contributed by atoms with Crippen LogP contribution in [0.1, 0.15) is 29.8 Å². The van der Waals surface area contributed by atoms with Gasteiger partial charge in [0.05, 0.1) is 16.6 Å². The zero-order valence-electron chi connectivity index (χ0n) is 12.6. The van der Waals surface area contributed by atoms with Crippen molar-refractivity contribution >= 4 is 54.7 Å². The summed E-state index contributed by atoms with van der Waals surface area (Å²) in [5.74, 6) is -0.432. The van der Waals surface area contributed by atoms with Gasteiger partial charge in [0.2, 0.25) is 0 Å². The highest BCUT2D eigenvalue weighted by Gasteiger charge is 2.25. The van der Waals surface area contributed by atoms with Gasteiger partial charge < -0.3 is 14.0 Å². The third-order valence-electron chi connectivity index (χ3n) is 3.29. The number of esters is 2. The molecule has 118 valence electrons. The van der Waals surface area contributed by atoms with Crippen LogP contribution in [0.4, 0.5) is 0 Å². The van der Waals surface area contributed by atoms with E-state index < -0.39 is 11.9 Å². The second-order valence-electron chi connectivity index (χ2n) is 4.75. The maximum absolute atomic E-state index is 12.3. The Morgan fingerprint density at radius 3 is 2.50 bits per heavy atom. The largest absolute Gasteiger partial charge is 0.462 e. The molecule has 7 heteroatoms. The van der Waals surface area contributed by atoms with E-state index in [1.807, 2.05) is 17.7 Å². The van der Waals surface area contributed by atoms with Crippen LogP contribution in [0.15, 0.2) is 15.1 Å². The Bertz CT molecular complexity index is 780. The number of halogens is 2. The van der Waals surface area contributed by atoms with E-state index >= 15 is 0 Å². The van der Waals surface area contributed by atoms with Crippen LogP contribution in [0.5, 0.6) is 5.75 Å². The first kappa shape index (κ1) is 17.0. The van der Waals surface area contributed by atoms with Crippen LogP contribution in [0, 0.1) is 6.92 Å². The summed E-state index contributed by atoms with van der Waals surface area (Å²) in [6.45, 7) is 5.18. The molecule has 0 atom stereocenters. The van der Waals surface area contributed by atoms with E-state index in [9.17, 15) is 9.59 Å². The Morgan fingerprint density at radius 1 is 1.32 bits per heavy atom. The summed E-state index contributed by atoms with van der Waals surface area (Å²) in [4.78, 5) is 23.6. The Balaban J connectivity index is 2.83. The minimum Gasteiger partial charge on any atom is -0.462 e. The predicted molar refractivity (Wildman–Crippen MR) is 90.3 cm³/mol. The van der Waals surface area contributed by atoms with Crippen molar-refractivity contribution in [3.05, 3.63) is 26.3 Å². The zero-order valence-corrected chi connectivity index (χ0v) is 15.8. The van der Waals surface area contributed by atoms with E-state index in [1.165, 1.54) is 6.92 Å². The van der Waals surface area contributed by atoms with E-state index in [-0.39, 0.29) is 6.61 Å². The number of nitrogens with zero attached hydrogens (tertiary/aromatic N) is 1. The number of aryl methyl sites for hydroxylation is 2. The molecule has 0 amide bonds. The standard InChI is InChI=1S/C15H15Br2NO4/c1-5-21-15(20)12-11-7(2)13(22-8(3)19)9(16)6-10(11)18(4)14(12)17/h6H,5H2,1-4H3. The second-order valence-corrected chi connectivity index (χ2v) is 6.35. The molecule has 1 aromatic carbocycles. The molecule has 0 bridgehead atoms. The van der Waals surface area contributed by atoms with Crippen LogP contribution in [0.3, 0.4) is 0 Å². The zero-order chi connectivity index (χ0) is 16.6. The summed E-state index contributed by atoms with van der Waals surface area (Å²) >= 11 is 6.85. The molecule has 1 heterocycles. The number of hydrogen-bond donors (Lipinski definition) is 0. The van der Waals surface area contributed by atoms with E-state index in [2.05, 4.69) is 31.9 Å². The molecule has 0 unspecified atom stereocenters. The molecule has 5 nitrogen and oxygen atoms in total. The van der Waals surface area contributed by atoms with Crippen LogP contribution in [-0.4, -0.2) is 23.1 Å². The molecular weight excluding hydrogens is 418 g/mol.